The molecule has 0 unspecified atom stereocenters. The zero-order valence-corrected chi connectivity index (χ0v) is 12.2. The summed E-state index contributed by atoms with van der Waals surface area (Å²) in [5.41, 5.74) is 1.70. The SMILES string of the molecule is N#Cc1cc(Br)ccc1Nc1cc(F)ccc1Br. The van der Waals surface area contributed by atoms with Crippen molar-refractivity contribution in [3.05, 3.63) is 56.7 Å². The standard InChI is InChI=1S/C13H7Br2FN2/c14-9-1-4-12(8(5-9)7-17)18-13-6-10(16)2-3-11(13)15/h1-6,18H. The first kappa shape index (κ1) is 13.1. The lowest BCUT2D eigenvalue weighted by molar-refractivity contribution is 0.628. The summed E-state index contributed by atoms with van der Waals surface area (Å²) in [6, 6.07) is 11.7. The van der Waals surface area contributed by atoms with Gasteiger partial charge in [0.2, 0.25) is 0 Å². The van der Waals surface area contributed by atoms with Crippen LogP contribution >= 0.6 is 31.9 Å². The highest BCUT2D eigenvalue weighted by molar-refractivity contribution is 9.10. The molecule has 2 rings (SSSR count). The molecular weight excluding hydrogens is 363 g/mol. The van der Waals surface area contributed by atoms with E-state index in [-0.39, 0.29) is 5.82 Å². The normalized spacial score (nSPS) is 9.89. The molecule has 0 amide bonds. The van der Waals surface area contributed by atoms with Gasteiger partial charge in [0.1, 0.15) is 11.9 Å². The van der Waals surface area contributed by atoms with E-state index in [1.807, 2.05) is 6.07 Å². The van der Waals surface area contributed by atoms with Crippen molar-refractivity contribution in [2.75, 3.05) is 5.32 Å². The highest BCUT2D eigenvalue weighted by atomic mass is 79.9. The molecule has 0 fully saturated rings. The lowest BCUT2D eigenvalue weighted by Crippen LogP contribution is -1.95. The Morgan fingerprint density at radius 3 is 2.56 bits per heavy atom. The van der Waals surface area contributed by atoms with E-state index < -0.39 is 0 Å². The molecule has 2 nitrogen and oxygen atoms in total. The molecule has 2 aromatic rings. The third-order valence-corrected chi connectivity index (χ3v) is 3.48. The van der Waals surface area contributed by atoms with Crippen LogP contribution < -0.4 is 5.32 Å². The van der Waals surface area contributed by atoms with Gasteiger partial charge in [-0.05, 0) is 52.3 Å². The molecule has 0 saturated carbocycles. The Balaban J connectivity index is 2.40. The number of nitrogens with zero attached hydrogens (tertiary/aromatic N) is 1. The van der Waals surface area contributed by atoms with Crippen molar-refractivity contribution in [3.63, 3.8) is 0 Å². The van der Waals surface area contributed by atoms with Crippen molar-refractivity contribution in [2.24, 2.45) is 0 Å². The lowest BCUT2D eigenvalue weighted by atomic mass is 10.2. The molecule has 0 bridgehead atoms. The second-order valence-electron chi connectivity index (χ2n) is 3.55. The van der Waals surface area contributed by atoms with Crippen molar-refractivity contribution in [3.8, 4) is 6.07 Å². The van der Waals surface area contributed by atoms with Crippen LogP contribution in [0.2, 0.25) is 0 Å². The Hall–Kier alpha value is -1.38. The largest absolute Gasteiger partial charge is 0.353 e. The Morgan fingerprint density at radius 2 is 1.83 bits per heavy atom. The van der Waals surface area contributed by atoms with Gasteiger partial charge in [-0.1, -0.05) is 15.9 Å². The molecule has 1 N–H and O–H groups in total. The number of nitrogens with one attached hydrogen (secondary N) is 1. The van der Waals surface area contributed by atoms with Gasteiger partial charge in [0.25, 0.3) is 0 Å². The zero-order valence-electron chi connectivity index (χ0n) is 9.05. The minimum Gasteiger partial charge on any atom is -0.353 e. The van der Waals surface area contributed by atoms with Crippen LogP contribution in [0.25, 0.3) is 0 Å². The highest BCUT2D eigenvalue weighted by Gasteiger charge is 2.06. The van der Waals surface area contributed by atoms with Gasteiger partial charge in [0.05, 0.1) is 16.9 Å². The van der Waals surface area contributed by atoms with Crippen molar-refractivity contribution in [1.82, 2.24) is 0 Å². The summed E-state index contributed by atoms with van der Waals surface area (Å²) in [6.07, 6.45) is 0. The molecule has 2 aromatic carbocycles. The maximum atomic E-state index is 13.2. The van der Waals surface area contributed by atoms with Crippen LogP contribution in [-0.2, 0) is 0 Å². The number of rotatable bonds is 2. The average Bonchev–Trinajstić information content (AvgIpc) is 2.36. The fraction of sp³-hybridized carbons (Fsp3) is 0. The lowest BCUT2D eigenvalue weighted by Gasteiger charge is -2.10. The number of benzene rings is 2. The van der Waals surface area contributed by atoms with E-state index in [1.54, 1.807) is 18.2 Å². The van der Waals surface area contributed by atoms with E-state index >= 15 is 0 Å². The van der Waals surface area contributed by atoms with Gasteiger partial charge in [-0.25, -0.2) is 4.39 Å². The number of anilines is 2. The molecule has 0 aromatic heterocycles. The topological polar surface area (TPSA) is 35.8 Å². The predicted octanol–water partition coefficient (Wildman–Crippen LogP) is 4.97. The van der Waals surface area contributed by atoms with E-state index in [4.69, 9.17) is 5.26 Å². The average molecular weight is 370 g/mol. The molecule has 18 heavy (non-hydrogen) atoms. The fourth-order valence-electron chi connectivity index (χ4n) is 1.46. The third-order valence-electron chi connectivity index (χ3n) is 2.30. The van der Waals surface area contributed by atoms with Gasteiger partial charge in [-0.3, -0.25) is 0 Å². The molecule has 0 saturated heterocycles. The van der Waals surface area contributed by atoms with Gasteiger partial charge in [-0.15, -0.1) is 0 Å². The number of nitriles is 1. The molecule has 0 radical (unpaired) electrons. The second kappa shape index (κ2) is 5.51. The summed E-state index contributed by atoms with van der Waals surface area (Å²) < 4.78 is 14.7. The summed E-state index contributed by atoms with van der Waals surface area (Å²) in [5, 5.41) is 12.1. The Labute approximate surface area is 121 Å². The van der Waals surface area contributed by atoms with Crippen molar-refractivity contribution in [2.45, 2.75) is 0 Å². The molecule has 5 heteroatoms. The van der Waals surface area contributed by atoms with Crippen LogP contribution in [0.1, 0.15) is 5.56 Å². The minimum atomic E-state index is -0.337. The smallest absolute Gasteiger partial charge is 0.125 e. The van der Waals surface area contributed by atoms with E-state index in [9.17, 15) is 4.39 Å². The molecule has 0 heterocycles. The first-order valence-corrected chi connectivity index (χ1v) is 6.60. The van der Waals surface area contributed by atoms with Gasteiger partial charge in [0, 0.05) is 8.95 Å². The summed E-state index contributed by atoms with van der Waals surface area (Å²) in [4.78, 5) is 0. The van der Waals surface area contributed by atoms with Crippen LogP contribution in [0.3, 0.4) is 0 Å². The number of hydrogen-bond donors (Lipinski definition) is 1. The summed E-state index contributed by atoms with van der Waals surface area (Å²) in [6.45, 7) is 0. The Morgan fingerprint density at radius 1 is 1.06 bits per heavy atom. The molecule has 0 spiro atoms. The zero-order chi connectivity index (χ0) is 13.1. The molecule has 0 aliphatic rings. The summed E-state index contributed by atoms with van der Waals surface area (Å²) in [7, 11) is 0. The van der Waals surface area contributed by atoms with Gasteiger partial charge in [-0.2, -0.15) is 5.26 Å². The van der Waals surface area contributed by atoms with Crippen LogP contribution in [0, 0.1) is 17.1 Å². The first-order valence-electron chi connectivity index (χ1n) is 5.02. The molecule has 0 atom stereocenters. The fourth-order valence-corrected chi connectivity index (χ4v) is 2.16. The van der Waals surface area contributed by atoms with Crippen LogP contribution in [0.5, 0.6) is 0 Å². The van der Waals surface area contributed by atoms with E-state index in [0.717, 1.165) is 8.95 Å². The second-order valence-corrected chi connectivity index (χ2v) is 5.32. The van der Waals surface area contributed by atoms with Crippen LogP contribution in [0.15, 0.2) is 45.3 Å². The minimum absolute atomic E-state index is 0.337. The van der Waals surface area contributed by atoms with Crippen LogP contribution in [-0.4, -0.2) is 0 Å². The highest BCUT2D eigenvalue weighted by Crippen LogP contribution is 2.29. The quantitative estimate of drug-likeness (QED) is 0.811. The summed E-state index contributed by atoms with van der Waals surface area (Å²) >= 11 is 6.63. The van der Waals surface area contributed by atoms with Gasteiger partial charge in [0.15, 0.2) is 0 Å². The third kappa shape index (κ3) is 2.89. The number of halogens is 3. The van der Waals surface area contributed by atoms with E-state index in [0.29, 0.717) is 16.9 Å². The number of hydrogen-bond acceptors (Lipinski definition) is 2. The first-order chi connectivity index (χ1) is 8.60. The van der Waals surface area contributed by atoms with E-state index in [1.165, 1.54) is 12.1 Å². The molecular formula is C13H7Br2FN2. The predicted molar refractivity (Wildman–Crippen MR) is 76.2 cm³/mol. The molecule has 90 valence electrons. The van der Waals surface area contributed by atoms with Crippen molar-refractivity contribution in [1.29, 1.82) is 5.26 Å². The molecule has 0 aliphatic heterocycles. The van der Waals surface area contributed by atoms with Crippen LogP contribution in [0.4, 0.5) is 15.8 Å². The summed E-state index contributed by atoms with van der Waals surface area (Å²) in [5.74, 6) is -0.337. The Bertz CT molecular complexity index is 635. The van der Waals surface area contributed by atoms with Gasteiger partial charge >= 0.3 is 0 Å². The molecule has 0 aliphatic carbocycles. The van der Waals surface area contributed by atoms with Crippen molar-refractivity contribution < 1.29 is 4.39 Å². The van der Waals surface area contributed by atoms with E-state index in [2.05, 4.69) is 43.2 Å². The maximum absolute atomic E-state index is 13.2. The van der Waals surface area contributed by atoms with Crippen molar-refractivity contribution >= 4 is 43.2 Å². The Kier molecular flexibility index (Phi) is 4.00. The maximum Gasteiger partial charge on any atom is 0.125 e. The monoisotopic (exact) mass is 368 g/mol. The van der Waals surface area contributed by atoms with Gasteiger partial charge < -0.3 is 5.32 Å².